The smallest absolute Gasteiger partial charge is 0.411 e. The highest BCUT2D eigenvalue weighted by Crippen LogP contribution is 2.44. The maximum Gasteiger partial charge on any atom is 0.411 e. The van der Waals surface area contributed by atoms with Gasteiger partial charge in [-0.1, -0.05) is 48.5 Å². The second-order valence-electron chi connectivity index (χ2n) is 7.58. The molecule has 0 radical (unpaired) electrons. The summed E-state index contributed by atoms with van der Waals surface area (Å²) in [5.41, 5.74) is 4.02. The molecule has 1 aliphatic carbocycles. The molecule has 34 heavy (non-hydrogen) atoms. The first-order valence-electron chi connectivity index (χ1n) is 10.4. The molecular weight excluding hydrogens is 457 g/mol. The molecule has 1 atom stereocenters. The lowest BCUT2D eigenvalue weighted by molar-refractivity contribution is -0.173. The minimum Gasteiger partial charge on any atom is -0.481 e. The number of aliphatic carboxylic acids is 1. The van der Waals surface area contributed by atoms with Gasteiger partial charge in [0.15, 0.2) is 0 Å². The summed E-state index contributed by atoms with van der Waals surface area (Å²) in [6, 6.07) is 13.9. The Balaban J connectivity index is 1.55. The zero-order chi connectivity index (χ0) is 24.7. The van der Waals surface area contributed by atoms with Gasteiger partial charge in [-0.2, -0.15) is 13.2 Å². The monoisotopic (exact) mass is 480 g/mol. The van der Waals surface area contributed by atoms with Crippen molar-refractivity contribution in [2.45, 2.75) is 24.6 Å². The summed E-state index contributed by atoms with van der Waals surface area (Å²) in [6.45, 7) is -2.24. The fraction of sp³-hybridized carbons (Fsp3) is 0.348. The molecule has 0 bridgehead atoms. The number of amides is 2. The van der Waals surface area contributed by atoms with Gasteiger partial charge in [0.25, 0.3) is 0 Å². The second kappa shape index (κ2) is 11.0. The number of carboxylic acid groups (broad SMARTS) is 1. The van der Waals surface area contributed by atoms with E-state index in [9.17, 15) is 27.6 Å². The Hall–Kier alpha value is -3.60. The van der Waals surface area contributed by atoms with Crippen LogP contribution in [-0.4, -0.2) is 61.7 Å². The van der Waals surface area contributed by atoms with Crippen LogP contribution in [0.1, 0.15) is 23.5 Å². The Bertz CT molecular complexity index is 998. The molecule has 0 aliphatic heterocycles. The molecule has 1 unspecified atom stereocenters. The van der Waals surface area contributed by atoms with Gasteiger partial charge in [0.1, 0.15) is 19.3 Å². The van der Waals surface area contributed by atoms with Crippen LogP contribution in [0, 0.1) is 0 Å². The van der Waals surface area contributed by atoms with Crippen LogP contribution in [0.15, 0.2) is 48.5 Å². The molecule has 0 heterocycles. The summed E-state index contributed by atoms with van der Waals surface area (Å²) in [6.07, 6.45) is -6.22. The number of carbonyl (C=O) groups is 3. The van der Waals surface area contributed by atoms with Crippen molar-refractivity contribution in [2.24, 2.45) is 0 Å². The van der Waals surface area contributed by atoms with E-state index >= 15 is 0 Å². The average molecular weight is 480 g/mol. The zero-order valence-electron chi connectivity index (χ0n) is 17.9. The quantitative estimate of drug-likeness (QED) is 0.451. The lowest BCUT2D eigenvalue weighted by atomic mass is 9.98. The Morgan fingerprint density at radius 1 is 1.00 bits per heavy atom. The van der Waals surface area contributed by atoms with E-state index in [0.717, 1.165) is 22.3 Å². The summed E-state index contributed by atoms with van der Waals surface area (Å²) < 4.78 is 45.9. The number of alkyl carbamates (subject to hydrolysis) is 1. The molecule has 3 N–H and O–H groups in total. The third-order valence-electron chi connectivity index (χ3n) is 5.14. The molecule has 3 rings (SSSR count). The van der Waals surface area contributed by atoms with Gasteiger partial charge in [0.05, 0.1) is 13.0 Å². The van der Waals surface area contributed by atoms with Crippen LogP contribution in [0.3, 0.4) is 0 Å². The van der Waals surface area contributed by atoms with Gasteiger partial charge in [-0.05, 0) is 22.3 Å². The summed E-state index contributed by atoms with van der Waals surface area (Å²) >= 11 is 0. The predicted octanol–water partition coefficient (Wildman–Crippen LogP) is 3.06. The van der Waals surface area contributed by atoms with Gasteiger partial charge in [-0.15, -0.1) is 0 Å². The Kier molecular flexibility index (Phi) is 8.11. The number of halogens is 3. The van der Waals surface area contributed by atoms with E-state index < -0.39 is 49.8 Å². The SMILES string of the molecule is O=C(O)CC(NC(=O)OCC1c2ccccc2-c2ccccc21)C(=O)NCCOCC(F)(F)F. The topological polar surface area (TPSA) is 114 Å². The van der Waals surface area contributed by atoms with E-state index in [1.54, 1.807) is 0 Å². The second-order valence-corrected chi connectivity index (χ2v) is 7.58. The van der Waals surface area contributed by atoms with Crippen LogP contribution >= 0.6 is 0 Å². The molecule has 1 aliphatic rings. The molecule has 0 aromatic heterocycles. The Morgan fingerprint density at radius 2 is 1.59 bits per heavy atom. The number of rotatable bonds is 10. The molecule has 182 valence electrons. The Labute approximate surface area is 193 Å². The van der Waals surface area contributed by atoms with Gasteiger partial charge in [-0.25, -0.2) is 4.79 Å². The number of carbonyl (C=O) groups excluding carboxylic acids is 2. The van der Waals surface area contributed by atoms with Gasteiger partial charge in [0.2, 0.25) is 5.91 Å². The molecule has 8 nitrogen and oxygen atoms in total. The van der Waals surface area contributed by atoms with Gasteiger partial charge in [0, 0.05) is 12.5 Å². The summed E-state index contributed by atoms with van der Waals surface area (Å²) in [4.78, 5) is 35.7. The third kappa shape index (κ3) is 6.70. The van der Waals surface area contributed by atoms with Crippen LogP contribution in [0.4, 0.5) is 18.0 Å². The minimum absolute atomic E-state index is 0.0352. The number of fused-ring (bicyclic) bond motifs is 3. The fourth-order valence-corrected chi connectivity index (χ4v) is 3.72. The number of nitrogens with one attached hydrogen (secondary N) is 2. The fourth-order valence-electron chi connectivity index (χ4n) is 3.72. The molecule has 0 fully saturated rings. The van der Waals surface area contributed by atoms with Crippen molar-refractivity contribution in [1.29, 1.82) is 0 Å². The van der Waals surface area contributed by atoms with E-state index in [-0.39, 0.29) is 19.1 Å². The molecule has 0 spiro atoms. The lowest BCUT2D eigenvalue weighted by Crippen LogP contribution is -2.48. The van der Waals surface area contributed by atoms with E-state index in [4.69, 9.17) is 9.84 Å². The number of alkyl halides is 3. The third-order valence-corrected chi connectivity index (χ3v) is 5.14. The van der Waals surface area contributed by atoms with Crippen LogP contribution in [-0.2, 0) is 19.1 Å². The first-order chi connectivity index (χ1) is 16.2. The molecule has 0 saturated heterocycles. The number of benzene rings is 2. The largest absolute Gasteiger partial charge is 0.481 e. The zero-order valence-corrected chi connectivity index (χ0v) is 17.9. The maximum absolute atomic E-state index is 12.4. The number of hydrogen-bond acceptors (Lipinski definition) is 5. The van der Waals surface area contributed by atoms with Crippen LogP contribution in [0.5, 0.6) is 0 Å². The summed E-state index contributed by atoms with van der Waals surface area (Å²) in [5, 5.41) is 13.5. The first-order valence-corrected chi connectivity index (χ1v) is 10.4. The maximum atomic E-state index is 12.4. The Morgan fingerprint density at radius 3 is 2.15 bits per heavy atom. The van der Waals surface area contributed by atoms with E-state index in [0.29, 0.717) is 0 Å². The highest BCUT2D eigenvalue weighted by Gasteiger charge is 2.30. The van der Waals surface area contributed by atoms with E-state index in [1.165, 1.54) is 0 Å². The number of carboxylic acids is 1. The normalized spacial score (nSPS) is 13.5. The van der Waals surface area contributed by atoms with Crippen molar-refractivity contribution in [3.63, 3.8) is 0 Å². The van der Waals surface area contributed by atoms with Crippen molar-refractivity contribution in [1.82, 2.24) is 10.6 Å². The standard InChI is InChI=1S/C23H23F3N2O6/c24-23(25,26)13-33-10-9-27-21(31)19(11-20(29)30)28-22(32)34-12-18-16-7-3-1-5-14(16)15-6-2-4-8-17(15)18/h1-8,18-19H,9-13H2,(H,27,31)(H,28,32)(H,29,30). The van der Waals surface area contributed by atoms with Gasteiger partial charge in [-0.3, -0.25) is 9.59 Å². The van der Waals surface area contributed by atoms with Crippen LogP contribution in [0.25, 0.3) is 11.1 Å². The van der Waals surface area contributed by atoms with Crippen LogP contribution < -0.4 is 10.6 Å². The highest BCUT2D eigenvalue weighted by atomic mass is 19.4. The minimum atomic E-state index is -4.50. The molecule has 0 saturated carbocycles. The number of ether oxygens (including phenoxy) is 2. The summed E-state index contributed by atoms with van der Waals surface area (Å²) in [7, 11) is 0. The first kappa shape index (κ1) is 25.0. The van der Waals surface area contributed by atoms with Crippen molar-refractivity contribution in [3.05, 3.63) is 59.7 Å². The van der Waals surface area contributed by atoms with Gasteiger partial charge < -0.3 is 25.2 Å². The molecule has 11 heteroatoms. The highest BCUT2D eigenvalue weighted by molar-refractivity contribution is 5.89. The lowest BCUT2D eigenvalue weighted by Gasteiger charge is -2.19. The van der Waals surface area contributed by atoms with E-state index in [1.807, 2.05) is 48.5 Å². The van der Waals surface area contributed by atoms with Crippen molar-refractivity contribution in [3.8, 4) is 11.1 Å². The molecule has 2 aromatic carbocycles. The predicted molar refractivity (Wildman–Crippen MR) is 114 cm³/mol. The van der Waals surface area contributed by atoms with E-state index in [2.05, 4.69) is 15.4 Å². The number of hydrogen-bond donors (Lipinski definition) is 3. The van der Waals surface area contributed by atoms with Crippen LogP contribution in [0.2, 0.25) is 0 Å². The van der Waals surface area contributed by atoms with Crippen molar-refractivity contribution < 1.29 is 42.1 Å². The summed E-state index contributed by atoms with van der Waals surface area (Å²) in [5.74, 6) is -2.46. The molecule has 2 amide bonds. The van der Waals surface area contributed by atoms with Crippen molar-refractivity contribution >= 4 is 18.0 Å². The molecular formula is C23H23F3N2O6. The van der Waals surface area contributed by atoms with Gasteiger partial charge >= 0.3 is 18.2 Å². The average Bonchev–Trinajstić information content (AvgIpc) is 3.09. The molecule has 2 aromatic rings. The van der Waals surface area contributed by atoms with Crippen molar-refractivity contribution in [2.75, 3.05) is 26.4 Å².